The summed E-state index contributed by atoms with van der Waals surface area (Å²) < 4.78 is 37.8. The molecule has 0 radical (unpaired) electrons. The van der Waals surface area contributed by atoms with E-state index in [0.29, 0.717) is 12.0 Å². The molecule has 5 nitrogen and oxygen atoms in total. The van der Waals surface area contributed by atoms with Gasteiger partial charge in [0.25, 0.3) is 10.1 Å². The van der Waals surface area contributed by atoms with E-state index in [9.17, 15) is 13.0 Å². The number of anilines is 1. The van der Waals surface area contributed by atoms with Crippen LogP contribution in [0.25, 0.3) is 10.8 Å². The summed E-state index contributed by atoms with van der Waals surface area (Å²) in [6.45, 7) is 4.37. The quantitative estimate of drug-likeness (QED) is 0.539. The second-order valence-electron chi connectivity index (χ2n) is 5.38. The van der Waals surface area contributed by atoms with Crippen molar-refractivity contribution in [1.82, 2.24) is 0 Å². The van der Waals surface area contributed by atoms with Gasteiger partial charge in [-0.25, -0.2) is 0 Å². The second-order valence-corrected chi connectivity index (χ2v) is 6.77. The molecule has 2 rings (SSSR count). The summed E-state index contributed by atoms with van der Waals surface area (Å²) in [7, 11) is -4.23. The zero-order chi connectivity index (χ0) is 16.7. The third-order valence-electron chi connectivity index (χ3n) is 3.58. The molecule has 126 valence electrons. The maximum atomic E-state index is 11.5. The molecule has 0 saturated heterocycles. The summed E-state index contributed by atoms with van der Waals surface area (Å²) in [5, 5.41) is 4.59. The molecule has 0 aromatic heterocycles. The fourth-order valence-corrected chi connectivity index (χ4v) is 3.11. The zero-order valence-corrected chi connectivity index (χ0v) is 14.1. The van der Waals surface area contributed by atoms with Crippen LogP contribution in [0.4, 0.5) is 5.69 Å². The van der Waals surface area contributed by atoms with Crippen molar-refractivity contribution < 1.29 is 17.7 Å². The molecule has 2 N–H and O–H groups in total. The van der Waals surface area contributed by atoms with Gasteiger partial charge in [-0.15, -0.1) is 0 Å². The van der Waals surface area contributed by atoms with Crippen LogP contribution in [0.3, 0.4) is 0 Å². The molecular weight excluding hydrogens is 314 g/mol. The Balaban J connectivity index is 2.05. The van der Waals surface area contributed by atoms with Crippen molar-refractivity contribution in [2.24, 2.45) is 0 Å². The minimum Gasteiger partial charge on any atom is -0.384 e. The summed E-state index contributed by atoms with van der Waals surface area (Å²) in [5.74, 6) is 0. The highest BCUT2D eigenvalue weighted by Gasteiger charge is 2.14. The molecule has 0 saturated carbocycles. The fraction of sp³-hybridized carbons (Fsp3) is 0.412. The molecule has 0 aliphatic rings. The summed E-state index contributed by atoms with van der Waals surface area (Å²) in [6, 6.07) is 10.2. The summed E-state index contributed by atoms with van der Waals surface area (Å²) in [6.07, 6.45) is 3.08. The van der Waals surface area contributed by atoms with Gasteiger partial charge in [0.2, 0.25) is 0 Å². The first-order valence-electron chi connectivity index (χ1n) is 7.85. The maximum absolute atomic E-state index is 11.5. The fourth-order valence-electron chi connectivity index (χ4n) is 2.41. The van der Waals surface area contributed by atoms with Crippen LogP contribution in [-0.4, -0.2) is 32.7 Å². The van der Waals surface area contributed by atoms with Crippen molar-refractivity contribution in [1.29, 1.82) is 0 Å². The van der Waals surface area contributed by atoms with Crippen LogP contribution < -0.4 is 5.32 Å². The molecule has 0 amide bonds. The standard InChI is InChI=1S/C17H23NO4S/c1-2-3-12-22-13-6-11-18-16-9-4-8-15-14(16)7-5-10-17(15)23(19,20)21/h4-5,7-10,18H,2-3,6,11-13H2,1H3,(H,19,20,21). The molecule has 0 unspecified atom stereocenters. The molecule has 0 bridgehead atoms. The average Bonchev–Trinajstić information content (AvgIpc) is 2.52. The lowest BCUT2D eigenvalue weighted by atomic mass is 10.1. The van der Waals surface area contributed by atoms with E-state index in [0.717, 1.165) is 43.5 Å². The number of unbranched alkanes of at least 4 members (excludes halogenated alkanes) is 1. The van der Waals surface area contributed by atoms with E-state index < -0.39 is 10.1 Å². The molecule has 23 heavy (non-hydrogen) atoms. The Kier molecular flexibility index (Phi) is 6.38. The SMILES string of the molecule is CCCCOCCCNc1cccc2c(S(=O)(=O)O)cccc12. The van der Waals surface area contributed by atoms with E-state index >= 15 is 0 Å². The maximum Gasteiger partial charge on any atom is 0.295 e. The third-order valence-corrected chi connectivity index (χ3v) is 4.49. The Bertz CT molecular complexity index is 743. The topological polar surface area (TPSA) is 75.6 Å². The van der Waals surface area contributed by atoms with Gasteiger partial charge in [0.1, 0.15) is 4.90 Å². The van der Waals surface area contributed by atoms with Crippen molar-refractivity contribution in [3.05, 3.63) is 36.4 Å². The molecule has 0 fully saturated rings. The monoisotopic (exact) mass is 337 g/mol. The minimum atomic E-state index is -4.23. The van der Waals surface area contributed by atoms with Crippen molar-refractivity contribution in [2.45, 2.75) is 31.1 Å². The van der Waals surface area contributed by atoms with Crippen LogP contribution in [0, 0.1) is 0 Å². The highest BCUT2D eigenvalue weighted by molar-refractivity contribution is 7.86. The van der Waals surface area contributed by atoms with Crippen molar-refractivity contribution >= 4 is 26.6 Å². The Morgan fingerprint density at radius 2 is 1.74 bits per heavy atom. The number of hydrogen-bond donors (Lipinski definition) is 2. The summed E-state index contributed by atoms with van der Waals surface area (Å²) >= 11 is 0. The van der Waals surface area contributed by atoms with Crippen LogP contribution >= 0.6 is 0 Å². The highest BCUT2D eigenvalue weighted by Crippen LogP contribution is 2.28. The predicted octanol–water partition coefficient (Wildman–Crippen LogP) is 3.71. The van der Waals surface area contributed by atoms with E-state index in [1.807, 2.05) is 12.1 Å². The van der Waals surface area contributed by atoms with E-state index in [1.165, 1.54) is 6.07 Å². The van der Waals surface area contributed by atoms with Crippen LogP contribution in [0.15, 0.2) is 41.3 Å². The van der Waals surface area contributed by atoms with Crippen LogP contribution in [-0.2, 0) is 14.9 Å². The lowest BCUT2D eigenvalue weighted by molar-refractivity contribution is 0.131. The summed E-state index contributed by atoms with van der Waals surface area (Å²) in [5.41, 5.74) is 0.849. The normalized spacial score (nSPS) is 11.7. The van der Waals surface area contributed by atoms with Gasteiger partial charge in [0.15, 0.2) is 0 Å². The van der Waals surface area contributed by atoms with Gasteiger partial charge in [-0.2, -0.15) is 8.42 Å². The van der Waals surface area contributed by atoms with Gasteiger partial charge in [-0.1, -0.05) is 37.6 Å². The van der Waals surface area contributed by atoms with Gasteiger partial charge in [-0.05, 0) is 25.0 Å². The molecule has 2 aromatic carbocycles. The Hall–Kier alpha value is -1.63. The van der Waals surface area contributed by atoms with Gasteiger partial charge in [0, 0.05) is 36.2 Å². The first kappa shape index (κ1) is 17.7. The molecule has 0 aliphatic carbocycles. The molecule has 0 spiro atoms. The number of nitrogens with one attached hydrogen (secondary N) is 1. The van der Waals surface area contributed by atoms with Crippen LogP contribution in [0.1, 0.15) is 26.2 Å². The van der Waals surface area contributed by atoms with Crippen molar-refractivity contribution in [2.75, 3.05) is 25.1 Å². The highest BCUT2D eigenvalue weighted by atomic mass is 32.2. The van der Waals surface area contributed by atoms with Gasteiger partial charge < -0.3 is 10.1 Å². The molecule has 2 aromatic rings. The van der Waals surface area contributed by atoms with E-state index in [1.54, 1.807) is 18.2 Å². The number of rotatable bonds is 9. The van der Waals surface area contributed by atoms with Crippen molar-refractivity contribution in [3.63, 3.8) is 0 Å². The van der Waals surface area contributed by atoms with Crippen LogP contribution in [0.5, 0.6) is 0 Å². The van der Waals surface area contributed by atoms with Gasteiger partial charge in [-0.3, -0.25) is 4.55 Å². The number of ether oxygens (including phenoxy) is 1. The second kappa shape index (κ2) is 8.29. The minimum absolute atomic E-state index is 0.0680. The molecule has 0 atom stereocenters. The number of hydrogen-bond acceptors (Lipinski definition) is 4. The van der Waals surface area contributed by atoms with Gasteiger partial charge in [0.05, 0.1) is 0 Å². The molecule has 6 heteroatoms. The zero-order valence-electron chi connectivity index (χ0n) is 13.3. The Morgan fingerprint density at radius 1 is 1.04 bits per heavy atom. The Morgan fingerprint density at radius 3 is 2.48 bits per heavy atom. The number of fused-ring (bicyclic) bond motifs is 1. The lowest BCUT2D eigenvalue weighted by Crippen LogP contribution is -2.07. The lowest BCUT2D eigenvalue weighted by Gasteiger charge is -2.11. The number of benzene rings is 2. The molecule has 0 aliphatic heterocycles. The smallest absolute Gasteiger partial charge is 0.295 e. The van der Waals surface area contributed by atoms with Gasteiger partial charge >= 0.3 is 0 Å². The average molecular weight is 337 g/mol. The summed E-state index contributed by atoms with van der Waals surface area (Å²) in [4.78, 5) is -0.0680. The first-order valence-corrected chi connectivity index (χ1v) is 9.29. The largest absolute Gasteiger partial charge is 0.384 e. The van der Waals surface area contributed by atoms with E-state index in [2.05, 4.69) is 12.2 Å². The van der Waals surface area contributed by atoms with E-state index in [4.69, 9.17) is 4.74 Å². The first-order chi connectivity index (χ1) is 11.0. The molecular formula is C17H23NO4S. The predicted molar refractivity (Wildman–Crippen MR) is 92.6 cm³/mol. The van der Waals surface area contributed by atoms with Crippen molar-refractivity contribution in [3.8, 4) is 0 Å². The van der Waals surface area contributed by atoms with E-state index in [-0.39, 0.29) is 4.90 Å². The third kappa shape index (κ3) is 4.92. The molecule has 0 heterocycles. The Labute approximate surface area is 137 Å². The van der Waals surface area contributed by atoms with Crippen LogP contribution in [0.2, 0.25) is 0 Å².